The van der Waals surface area contributed by atoms with Crippen molar-refractivity contribution in [1.29, 1.82) is 0 Å². The number of likely N-dealkylation sites (tertiary alicyclic amines) is 1. The van der Waals surface area contributed by atoms with Gasteiger partial charge in [-0.15, -0.1) is 0 Å². The number of hydrogen-bond acceptors (Lipinski definition) is 6. The molecule has 7 heteroatoms. The van der Waals surface area contributed by atoms with Gasteiger partial charge in [-0.25, -0.2) is 9.97 Å². The van der Waals surface area contributed by atoms with Crippen LogP contribution in [-0.2, 0) is 6.54 Å². The van der Waals surface area contributed by atoms with Crippen LogP contribution in [-0.4, -0.2) is 62.0 Å². The molecule has 7 nitrogen and oxygen atoms in total. The lowest BCUT2D eigenvalue weighted by molar-refractivity contribution is 0.136. The molecule has 0 bridgehead atoms. The average Bonchev–Trinajstić information content (AvgIpc) is 3.55. The van der Waals surface area contributed by atoms with Crippen molar-refractivity contribution in [2.45, 2.75) is 76.4 Å². The normalized spacial score (nSPS) is 23.5. The predicted octanol–water partition coefficient (Wildman–Crippen LogP) is 3.40. The molecular formula is C23H34N6O. The first kappa shape index (κ1) is 19.9. The highest BCUT2D eigenvalue weighted by Crippen LogP contribution is 2.41. The Kier molecular flexibility index (Phi) is 6.00. The molecule has 1 aliphatic carbocycles. The van der Waals surface area contributed by atoms with Crippen LogP contribution in [0.15, 0.2) is 18.5 Å². The zero-order valence-electron chi connectivity index (χ0n) is 17.9. The number of nitrogens with zero attached hydrogens (tertiary/aromatic N) is 6. The highest BCUT2D eigenvalue weighted by Gasteiger charge is 2.36. The third kappa shape index (κ3) is 3.85. The Labute approximate surface area is 179 Å². The van der Waals surface area contributed by atoms with Gasteiger partial charge in [0.2, 0.25) is 5.95 Å². The SMILES string of the molecule is OCCn1ncc(-c2ccnc(N3CCCC3)n2)c1[C@H]1CCCN1C1CCCCC1. The van der Waals surface area contributed by atoms with E-state index in [4.69, 9.17) is 4.98 Å². The van der Waals surface area contributed by atoms with Crippen molar-refractivity contribution in [3.63, 3.8) is 0 Å². The van der Waals surface area contributed by atoms with E-state index in [1.54, 1.807) is 0 Å². The van der Waals surface area contributed by atoms with Crippen molar-refractivity contribution in [3.8, 4) is 11.3 Å². The molecule has 2 aliphatic heterocycles. The Morgan fingerprint density at radius 3 is 2.60 bits per heavy atom. The van der Waals surface area contributed by atoms with E-state index in [0.29, 0.717) is 18.6 Å². The van der Waals surface area contributed by atoms with Gasteiger partial charge in [-0.2, -0.15) is 5.10 Å². The fourth-order valence-electron chi connectivity index (χ4n) is 5.72. The van der Waals surface area contributed by atoms with Crippen molar-refractivity contribution < 1.29 is 5.11 Å². The largest absolute Gasteiger partial charge is 0.394 e. The molecule has 0 amide bonds. The molecule has 1 saturated carbocycles. The Bertz CT molecular complexity index is 840. The molecule has 2 aromatic heterocycles. The molecule has 5 rings (SSSR count). The summed E-state index contributed by atoms with van der Waals surface area (Å²) in [6.45, 7) is 3.89. The predicted molar refractivity (Wildman–Crippen MR) is 117 cm³/mol. The first-order valence-corrected chi connectivity index (χ1v) is 11.9. The Balaban J connectivity index is 1.50. The molecule has 0 spiro atoms. The van der Waals surface area contributed by atoms with Crippen LogP contribution in [0.3, 0.4) is 0 Å². The smallest absolute Gasteiger partial charge is 0.225 e. The van der Waals surface area contributed by atoms with Crippen LogP contribution in [0.2, 0.25) is 0 Å². The molecule has 30 heavy (non-hydrogen) atoms. The van der Waals surface area contributed by atoms with Crippen LogP contribution >= 0.6 is 0 Å². The molecule has 0 aromatic carbocycles. The monoisotopic (exact) mass is 410 g/mol. The number of aliphatic hydroxyl groups is 1. The minimum atomic E-state index is 0.104. The molecule has 162 valence electrons. The second kappa shape index (κ2) is 9.02. The van der Waals surface area contributed by atoms with Crippen molar-refractivity contribution in [2.24, 2.45) is 0 Å². The third-order valence-electron chi connectivity index (χ3n) is 7.15. The molecule has 2 saturated heterocycles. The third-order valence-corrected chi connectivity index (χ3v) is 7.15. The standard InChI is InChI=1S/C23H34N6O/c30-16-15-29-22(21-9-6-14-28(21)18-7-2-1-3-8-18)19(17-25-29)20-10-11-24-23(26-20)27-12-4-5-13-27/h10-11,17-18,21,30H,1-9,12-16H2/t21-/m1/s1. The number of hydrogen-bond donors (Lipinski definition) is 1. The van der Waals surface area contributed by atoms with Crippen molar-refractivity contribution in [2.75, 3.05) is 31.1 Å². The molecule has 0 radical (unpaired) electrons. The molecule has 1 atom stereocenters. The van der Waals surface area contributed by atoms with Gasteiger partial charge in [0.15, 0.2) is 0 Å². The van der Waals surface area contributed by atoms with Crippen LogP contribution in [0.5, 0.6) is 0 Å². The summed E-state index contributed by atoms with van der Waals surface area (Å²) in [6, 6.07) is 3.06. The Morgan fingerprint density at radius 2 is 1.80 bits per heavy atom. The van der Waals surface area contributed by atoms with E-state index in [1.165, 1.54) is 63.6 Å². The number of aliphatic hydroxyl groups excluding tert-OH is 1. The fourth-order valence-corrected chi connectivity index (χ4v) is 5.72. The topological polar surface area (TPSA) is 70.3 Å². The first-order chi connectivity index (χ1) is 14.8. The summed E-state index contributed by atoms with van der Waals surface area (Å²) < 4.78 is 2.03. The molecular weight excluding hydrogens is 376 g/mol. The lowest BCUT2D eigenvalue weighted by atomic mass is 9.93. The second-order valence-electron chi connectivity index (χ2n) is 9.01. The summed E-state index contributed by atoms with van der Waals surface area (Å²) in [5.74, 6) is 0.835. The van der Waals surface area contributed by atoms with Gasteiger partial charge >= 0.3 is 0 Å². The van der Waals surface area contributed by atoms with Crippen LogP contribution in [0, 0.1) is 0 Å². The van der Waals surface area contributed by atoms with Crippen molar-refractivity contribution in [3.05, 3.63) is 24.2 Å². The lowest BCUT2D eigenvalue weighted by Gasteiger charge is -2.36. The van der Waals surface area contributed by atoms with Crippen LogP contribution in [0.25, 0.3) is 11.3 Å². The van der Waals surface area contributed by atoms with E-state index in [0.717, 1.165) is 36.7 Å². The second-order valence-corrected chi connectivity index (χ2v) is 9.01. The number of rotatable bonds is 6. The van der Waals surface area contributed by atoms with Crippen molar-refractivity contribution in [1.82, 2.24) is 24.6 Å². The fraction of sp³-hybridized carbons (Fsp3) is 0.696. The van der Waals surface area contributed by atoms with Crippen LogP contribution in [0.1, 0.15) is 69.5 Å². The van der Waals surface area contributed by atoms with Gasteiger partial charge in [-0.05, 0) is 51.1 Å². The zero-order chi connectivity index (χ0) is 20.3. The van der Waals surface area contributed by atoms with Gasteiger partial charge in [-0.1, -0.05) is 19.3 Å². The molecule has 2 aromatic rings. The number of aromatic nitrogens is 4. The summed E-state index contributed by atoms with van der Waals surface area (Å²) in [6.07, 6.45) is 15.4. The quantitative estimate of drug-likeness (QED) is 0.787. The maximum Gasteiger partial charge on any atom is 0.225 e. The molecule has 1 N–H and O–H groups in total. The molecule has 3 aliphatic rings. The van der Waals surface area contributed by atoms with Gasteiger partial charge < -0.3 is 10.0 Å². The summed E-state index contributed by atoms with van der Waals surface area (Å²) in [5, 5.41) is 14.4. The van der Waals surface area contributed by atoms with E-state index >= 15 is 0 Å². The maximum atomic E-state index is 9.66. The maximum absolute atomic E-state index is 9.66. The van der Waals surface area contributed by atoms with E-state index in [-0.39, 0.29) is 6.61 Å². The summed E-state index contributed by atoms with van der Waals surface area (Å²) in [4.78, 5) is 14.5. The van der Waals surface area contributed by atoms with Crippen LogP contribution in [0.4, 0.5) is 5.95 Å². The number of anilines is 1. The van der Waals surface area contributed by atoms with E-state index < -0.39 is 0 Å². The average molecular weight is 411 g/mol. The van der Waals surface area contributed by atoms with Crippen LogP contribution < -0.4 is 4.90 Å². The minimum absolute atomic E-state index is 0.104. The lowest BCUT2D eigenvalue weighted by Crippen LogP contribution is -2.37. The highest BCUT2D eigenvalue weighted by molar-refractivity contribution is 5.63. The van der Waals surface area contributed by atoms with Gasteiger partial charge in [-0.3, -0.25) is 9.58 Å². The minimum Gasteiger partial charge on any atom is -0.394 e. The van der Waals surface area contributed by atoms with Gasteiger partial charge in [0.25, 0.3) is 0 Å². The van der Waals surface area contributed by atoms with Gasteiger partial charge in [0.05, 0.1) is 36.8 Å². The Hall–Kier alpha value is -1.99. The van der Waals surface area contributed by atoms with E-state index in [9.17, 15) is 5.11 Å². The molecule has 3 fully saturated rings. The molecule has 4 heterocycles. The summed E-state index contributed by atoms with van der Waals surface area (Å²) >= 11 is 0. The van der Waals surface area contributed by atoms with Gasteiger partial charge in [0, 0.05) is 30.9 Å². The highest BCUT2D eigenvalue weighted by atomic mass is 16.3. The summed E-state index contributed by atoms with van der Waals surface area (Å²) in [5.41, 5.74) is 3.30. The first-order valence-electron chi connectivity index (χ1n) is 11.9. The van der Waals surface area contributed by atoms with E-state index in [2.05, 4.69) is 19.9 Å². The van der Waals surface area contributed by atoms with Gasteiger partial charge in [0.1, 0.15) is 0 Å². The molecule has 0 unspecified atom stereocenters. The zero-order valence-corrected chi connectivity index (χ0v) is 17.9. The Morgan fingerprint density at radius 1 is 0.967 bits per heavy atom. The summed E-state index contributed by atoms with van der Waals surface area (Å²) in [7, 11) is 0. The van der Waals surface area contributed by atoms with E-state index in [1.807, 2.05) is 23.1 Å². The van der Waals surface area contributed by atoms with Crippen molar-refractivity contribution >= 4 is 5.95 Å².